The van der Waals surface area contributed by atoms with E-state index in [1.165, 1.54) is 16.9 Å². The minimum absolute atomic E-state index is 0.227. The Morgan fingerprint density at radius 2 is 1.73 bits per heavy atom. The number of amides is 1. The van der Waals surface area contributed by atoms with Crippen LogP contribution < -0.4 is 5.32 Å². The second-order valence-corrected chi connectivity index (χ2v) is 11.1. The van der Waals surface area contributed by atoms with E-state index in [4.69, 9.17) is 14.5 Å². The maximum atomic E-state index is 13.4. The fraction of sp³-hybridized carbons (Fsp3) is 0.290. The number of benzene rings is 2. The highest BCUT2D eigenvalue weighted by molar-refractivity contribution is 7.20. The zero-order valence-corrected chi connectivity index (χ0v) is 23.2. The van der Waals surface area contributed by atoms with Crippen LogP contribution >= 0.6 is 11.3 Å². The smallest absolute Gasteiger partial charge is 0.341 e. The molecule has 0 radical (unpaired) electrons. The van der Waals surface area contributed by atoms with Crippen molar-refractivity contribution in [1.29, 1.82) is 0 Å². The second-order valence-electron chi connectivity index (χ2n) is 10.0. The molecule has 3 heterocycles. The summed E-state index contributed by atoms with van der Waals surface area (Å²) in [4.78, 5) is 47.4. The van der Waals surface area contributed by atoms with Crippen LogP contribution in [0.5, 0.6) is 0 Å². The number of thiophene rings is 1. The number of aryl methyl sites for hydroxylation is 1. The summed E-state index contributed by atoms with van der Waals surface area (Å²) < 4.78 is 10.9. The molecule has 4 aromatic rings. The Kier molecular flexibility index (Phi) is 7.08. The van der Waals surface area contributed by atoms with Gasteiger partial charge in [-0.3, -0.25) is 9.78 Å². The molecule has 2 aliphatic rings. The van der Waals surface area contributed by atoms with E-state index in [0.717, 1.165) is 52.2 Å². The Morgan fingerprint density at radius 3 is 2.58 bits per heavy atom. The van der Waals surface area contributed by atoms with Crippen molar-refractivity contribution in [3.8, 4) is 10.4 Å². The summed E-state index contributed by atoms with van der Waals surface area (Å²) in [7, 11) is 2.00. The number of likely N-dealkylation sites (N-methyl/N-ethyl adjacent to an activating group) is 1. The van der Waals surface area contributed by atoms with E-state index in [9.17, 15) is 14.4 Å². The lowest BCUT2D eigenvalue weighted by Gasteiger charge is -2.26. The molecule has 9 heteroatoms. The average molecular weight is 556 g/mol. The summed E-state index contributed by atoms with van der Waals surface area (Å²) in [5, 5.41) is 3.95. The fourth-order valence-electron chi connectivity index (χ4n) is 5.57. The van der Waals surface area contributed by atoms with Gasteiger partial charge in [-0.05, 0) is 49.6 Å². The van der Waals surface area contributed by atoms with E-state index in [-0.39, 0.29) is 6.61 Å². The van der Waals surface area contributed by atoms with Crippen molar-refractivity contribution < 1.29 is 23.9 Å². The zero-order chi connectivity index (χ0) is 27.8. The average Bonchev–Trinajstić information content (AvgIpc) is 3.33. The number of nitrogens with zero attached hydrogens (tertiary/aromatic N) is 2. The third-order valence-corrected chi connectivity index (χ3v) is 8.60. The fourth-order valence-corrected chi connectivity index (χ4v) is 6.89. The van der Waals surface area contributed by atoms with E-state index in [1.54, 1.807) is 6.92 Å². The monoisotopic (exact) mass is 555 g/mol. The molecule has 0 bridgehead atoms. The number of rotatable bonds is 6. The largest absolute Gasteiger partial charge is 0.462 e. The maximum absolute atomic E-state index is 13.4. The first-order chi connectivity index (χ1) is 19.4. The number of hydrogen-bond acceptors (Lipinski definition) is 8. The molecule has 6 rings (SSSR count). The van der Waals surface area contributed by atoms with Gasteiger partial charge in [0, 0.05) is 41.0 Å². The number of pyridine rings is 1. The molecule has 2 aromatic heterocycles. The Morgan fingerprint density at radius 1 is 0.950 bits per heavy atom. The molecule has 204 valence electrons. The molecule has 0 spiro atoms. The number of carbonyl (C=O) groups excluding carboxylic acids is 3. The number of ether oxygens (including phenoxy) is 2. The summed E-state index contributed by atoms with van der Waals surface area (Å²) in [6.45, 7) is 2.93. The van der Waals surface area contributed by atoms with Gasteiger partial charge in [0.05, 0.1) is 23.3 Å². The number of esters is 2. The van der Waals surface area contributed by atoms with Gasteiger partial charge in [-0.2, -0.15) is 0 Å². The van der Waals surface area contributed by atoms with Crippen molar-refractivity contribution >= 4 is 45.1 Å². The van der Waals surface area contributed by atoms with E-state index in [0.29, 0.717) is 34.5 Å². The van der Waals surface area contributed by atoms with Crippen molar-refractivity contribution in [2.24, 2.45) is 0 Å². The van der Waals surface area contributed by atoms with Crippen molar-refractivity contribution in [2.75, 3.05) is 32.1 Å². The van der Waals surface area contributed by atoms with Gasteiger partial charge in [-0.15, -0.1) is 11.3 Å². The van der Waals surface area contributed by atoms with Gasteiger partial charge in [-0.1, -0.05) is 42.5 Å². The Balaban J connectivity index is 1.26. The minimum atomic E-state index is -0.565. The number of para-hydroxylation sites is 1. The van der Waals surface area contributed by atoms with Gasteiger partial charge in [0.25, 0.3) is 5.91 Å². The quantitative estimate of drug-likeness (QED) is 0.334. The molecular formula is C31H29N3O5S. The van der Waals surface area contributed by atoms with Crippen LogP contribution in [0.15, 0.2) is 48.5 Å². The van der Waals surface area contributed by atoms with E-state index >= 15 is 0 Å². The number of aromatic nitrogens is 1. The molecular weight excluding hydrogens is 526 g/mol. The van der Waals surface area contributed by atoms with Crippen LogP contribution in [-0.2, 0) is 40.1 Å². The van der Waals surface area contributed by atoms with Gasteiger partial charge in [0.1, 0.15) is 5.00 Å². The molecule has 1 aliphatic heterocycles. The van der Waals surface area contributed by atoms with Crippen LogP contribution in [0.25, 0.3) is 21.3 Å². The van der Waals surface area contributed by atoms with Gasteiger partial charge in [-0.25, -0.2) is 9.59 Å². The van der Waals surface area contributed by atoms with Crippen LogP contribution in [-0.4, -0.2) is 54.5 Å². The maximum Gasteiger partial charge on any atom is 0.341 e. The molecule has 40 heavy (non-hydrogen) atoms. The van der Waals surface area contributed by atoms with Crippen LogP contribution in [0.3, 0.4) is 0 Å². The van der Waals surface area contributed by atoms with E-state index in [1.807, 2.05) is 49.5 Å². The number of hydrogen-bond donors (Lipinski definition) is 1. The Bertz CT molecular complexity index is 1660. The lowest BCUT2D eigenvalue weighted by Crippen LogP contribution is -2.30. The van der Waals surface area contributed by atoms with Crippen molar-refractivity contribution in [1.82, 2.24) is 9.88 Å². The summed E-state index contributed by atoms with van der Waals surface area (Å²) in [5.41, 5.74) is 6.44. The van der Waals surface area contributed by atoms with E-state index in [2.05, 4.69) is 16.3 Å². The molecule has 8 nitrogen and oxygen atoms in total. The molecule has 0 saturated heterocycles. The predicted octanol–water partition coefficient (Wildman–Crippen LogP) is 5.02. The number of carbonyl (C=O) groups is 3. The standard InChI is InChI=1S/C31H29N3O5S/c1-3-38-31(37)27-21-13-12-18-8-4-5-9-19(18)28(21)40-29(27)33-25(35)17-39-30(36)26-20-10-6-7-11-23(20)32-24-14-15-34(2)16-22(24)26/h4-11H,3,12-17H2,1-2H3,(H,33,35). The highest BCUT2D eigenvalue weighted by Crippen LogP contribution is 2.45. The third kappa shape index (κ3) is 4.76. The molecule has 0 atom stereocenters. The normalized spacial score (nSPS) is 14.2. The first-order valence-electron chi connectivity index (χ1n) is 13.4. The summed E-state index contributed by atoms with van der Waals surface area (Å²) in [5.74, 6) is -1.55. The summed E-state index contributed by atoms with van der Waals surface area (Å²) in [6.07, 6.45) is 2.22. The van der Waals surface area contributed by atoms with Gasteiger partial charge in [0.2, 0.25) is 0 Å². The van der Waals surface area contributed by atoms with Gasteiger partial charge in [0.15, 0.2) is 6.61 Å². The third-order valence-electron chi connectivity index (χ3n) is 7.42. The molecule has 2 aromatic carbocycles. The predicted molar refractivity (Wildman–Crippen MR) is 154 cm³/mol. The first kappa shape index (κ1) is 26.2. The minimum Gasteiger partial charge on any atom is -0.462 e. The first-order valence-corrected chi connectivity index (χ1v) is 14.2. The van der Waals surface area contributed by atoms with Crippen LogP contribution in [0.1, 0.15) is 50.0 Å². The second kappa shape index (κ2) is 10.8. The Labute approximate surface area is 235 Å². The SMILES string of the molecule is CCOC(=O)c1c(NC(=O)COC(=O)c2c3c(nc4ccccc24)CCN(C)C3)sc2c1CCc1ccccc1-2. The van der Waals surface area contributed by atoms with Crippen LogP contribution in [0.2, 0.25) is 0 Å². The topological polar surface area (TPSA) is 97.8 Å². The highest BCUT2D eigenvalue weighted by Gasteiger charge is 2.30. The molecule has 1 N–H and O–H groups in total. The lowest BCUT2D eigenvalue weighted by molar-refractivity contribution is -0.119. The van der Waals surface area contributed by atoms with Crippen LogP contribution in [0, 0.1) is 0 Å². The van der Waals surface area contributed by atoms with Crippen molar-refractivity contribution in [3.05, 3.63) is 82.0 Å². The summed E-state index contributed by atoms with van der Waals surface area (Å²) >= 11 is 1.35. The highest BCUT2D eigenvalue weighted by atomic mass is 32.1. The number of nitrogens with one attached hydrogen (secondary N) is 1. The van der Waals surface area contributed by atoms with E-state index < -0.39 is 24.5 Å². The van der Waals surface area contributed by atoms with Crippen LogP contribution in [0.4, 0.5) is 5.00 Å². The lowest BCUT2D eigenvalue weighted by atomic mass is 9.89. The molecule has 1 amide bonds. The molecule has 0 fully saturated rings. The zero-order valence-electron chi connectivity index (χ0n) is 22.4. The Hall–Kier alpha value is -4.08. The molecule has 0 saturated carbocycles. The van der Waals surface area contributed by atoms with Crippen molar-refractivity contribution in [2.45, 2.75) is 32.7 Å². The summed E-state index contributed by atoms with van der Waals surface area (Å²) in [6, 6.07) is 15.6. The molecule has 0 unspecified atom stereocenters. The molecule has 1 aliphatic carbocycles. The number of fused-ring (bicyclic) bond motifs is 5. The van der Waals surface area contributed by atoms with Crippen molar-refractivity contribution in [3.63, 3.8) is 0 Å². The number of anilines is 1. The van der Waals surface area contributed by atoms with Gasteiger partial charge < -0.3 is 19.7 Å². The van der Waals surface area contributed by atoms with Gasteiger partial charge >= 0.3 is 11.9 Å².